The smallest absolute Gasteiger partial charge is 0.309 e. The largest absolute Gasteiger partial charge is 0.458 e. The lowest BCUT2D eigenvalue weighted by molar-refractivity contribution is -0.156. The molecule has 0 aliphatic carbocycles. The van der Waals surface area contributed by atoms with Crippen LogP contribution in [0.25, 0.3) is 5.57 Å². The molecule has 1 aromatic rings. The van der Waals surface area contributed by atoms with Crippen LogP contribution in [0.5, 0.6) is 0 Å². The zero-order valence-corrected chi connectivity index (χ0v) is 14.9. The molecule has 0 saturated carbocycles. The molecule has 2 atom stereocenters. The van der Waals surface area contributed by atoms with E-state index >= 15 is 0 Å². The van der Waals surface area contributed by atoms with Crippen molar-refractivity contribution in [2.45, 2.75) is 40.7 Å². The maximum atomic E-state index is 12.2. The Labute approximate surface area is 140 Å². The van der Waals surface area contributed by atoms with E-state index in [1.54, 1.807) is 12.2 Å². The molecule has 1 aromatic carbocycles. The Morgan fingerprint density at radius 1 is 1.13 bits per heavy atom. The fraction of sp³-hybridized carbons (Fsp3) is 0.381. The molecule has 124 valence electrons. The van der Waals surface area contributed by atoms with E-state index in [0.717, 1.165) is 16.7 Å². The number of hydrogen-bond donors (Lipinski definition) is 0. The van der Waals surface area contributed by atoms with Crippen molar-refractivity contribution in [3.05, 3.63) is 66.8 Å². The summed E-state index contributed by atoms with van der Waals surface area (Å²) < 4.78 is 5.61. The molecule has 0 aliphatic heterocycles. The summed E-state index contributed by atoms with van der Waals surface area (Å²) in [7, 11) is 0. The summed E-state index contributed by atoms with van der Waals surface area (Å²) >= 11 is 0. The quantitative estimate of drug-likeness (QED) is 0.495. The number of benzene rings is 1. The second kappa shape index (κ2) is 7.96. The van der Waals surface area contributed by atoms with Crippen molar-refractivity contribution >= 4 is 11.5 Å². The Kier molecular flexibility index (Phi) is 6.56. The van der Waals surface area contributed by atoms with Crippen LogP contribution in [0.15, 0.2) is 55.7 Å². The number of esters is 1. The Bertz CT molecular complexity index is 585. The molecule has 0 aliphatic rings. The van der Waals surface area contributed by atoms with E-state index in [-0.39, 0.29) is 23.4 Å². The van der Waals surface area contributed by atoms with Gasteiger partial charge in [0.1, 0.15) is 6.10 Å². The predicted molar refractivity (Wildman–Crippen MR) is 97.9 cm³/mol. The minimum absolute atomic E-state index is 0.102. The Morgan fingerprint density at radius 3 is 2.13 bits per heavy atom. The van der Waals surface area contributed by atoms with E-state index in [4.69, 9.17) is 4.74 Å². The second-order valence-corrected chi connectivity index (χ2v) is 6.85. The van der Waals surface area contributed by atoms with Crippen molar-refractivity contribution in [3.63, 3.8) is 0 Å². The van der Waals surface area contributed by atoms with Gasteiger partial charge in [-0.1, -0.05) is 83.3 Å². The molecule has 0 bridgehead atoms. The lowest BCUT2D eigenvalue weighted by Crippen LogP contribution is -2.28. The zero-order chi connectivity index (χ0) is 17.6. The summed E-state index contributed by atoms with van der Waals surface area (Å²) in [6.07, 6.45) is 5.18. The number of ether oxygens (including phenoxy) is 1. The Morgan fingerprint density at radius 2 is 1.70 bits per heavy atom. The van der Waals surface area contributed by atoms with Gasteiger partial charge in [0.25, 0.3) is 0 Å². The third-order valence-electron chi connectivity index (χ3n) is 4.18. The summed E-state index contributed by atoms with van der Waals surface area (Å²) in [5.74, 6) is -0.306. The molecule has 2 heteroatoms. The SMILES string of the molecule is C=C/C=C(\C=C)c1ccc(C(C)OC(=O)C(C)C(C)(C)C)cc1. The van der Waals surface area contributed by atoms with Gasteiger partial charge in [0, 0.05) is 0 Å². The second-order valence-electron chi connectivity index (χ2n) is 6.85. The number of rotatable bonds is 6. The molecule has 0 fully saturated rings. The molecule has 0 heterocycles. The first-order chi connectivity index (χ1) is 10.7. The van der Waals surface area contributed by atoms with Crippen LogP contribution in [-0.2, 0) is 9.53 Å². The third-order valence-corrected chi connectivity index (χ3v) is 4.18. The van der Waals surface area contributed by atoms with E-state index in [0.29, 0.717) is 0 Å². The van der Waals surface area contributed by atoms with Crippen LogP contribution < -0.4 is 0 Å². The van der Waals surface area contributed by atoms with Crippen molar-refractivity contribution < 1.29 is 9.53 Å². The summed E-state index contributed by atoms with van der Waals surface area (Å²) in [4.78, 5) is 12.2. The monoisotopic (exact) mass is 312 g/mol. The standard InChI is InChI=1S/C21H28O2/c1-8-10-17(9-2)19-13-11-18(12-14-19)16(4)23-20(22)15(3)21(5,6)7/h8-16H,1-2H2,3-7H3/b17-10+. The average molecular weight is 312 g/mol. The molecule has 1 rings (SSSR count). The van der Waals surface area contributed by atoms with Crippen LogP contribution in [0.4, 0.5) is 0 Å². The van der Waals surface area contributed by atoms with Crippen molar-refractivity contribution in [3.8, 4) is 0 Å². The molecule has 0 radical (unpaired) electrons. The summed E-state index contributed by atoms with van der Waals surface area (Å²) in [5.41, 5.74) is 2.95. The lowest BCUT2D eigenvalue weighted by Gasteiger charge is -2.27. The fourth-order valence-electron chi connectivity index (χ4n) is 2.05. The van der Waals surface area contributed by atoms with Gasteiger partial charge in [-0.3, -0.25) is 4.79 Å². The van der Waals surface area contributed by atoms with Crippen LogP contribution in [0, 0.1) is 11.3 Å². The topological polar surface area (TPSA) is 26.3 Å². The Balaban J connectivity index is 2.84. The number of allylic oxidation sites excluding steroid dienone is 4. The van der Waals surface area contributed by atoms with Gasteiger partial charge in [-0.2, -0.15) is 0 Å². The van der Waals surface area contributed by atoms with Crippen LogP contribution in [0.2, 0.25) is 0 Å². The first kappa shape index (κ1) is 19.0. The minimum Gasteiger partial charge on any atom is -0.458 e. The van der Waals surface area contributed by atoms with Gasteiger partial charge < -0.3 is 4.74 Å². The van der Waals surface area contributed by atoms with E-state index < -0.39 is 0 Å². The first-order valence-corrected chi connectivity index (χ1v) is 7.96. The first-order valence-electron chi connectivity index (χ1n) is 7.96. The maximum Gasteiger partial charge on any atom is 0.309 e. The third kappa shape index (κ3) is 5.24. The zero-order valence-electron chi connectivity index (χ0n) is 14.9. The van der Waals surface area contributed by atoms with Gasteiger partial charge in [0.2, 0.25) is 0 Å². The normalized spacial score (nSPS) is 14.7. The van der Waals surface area contributed by atoms with Crippen molar-refractivity contribution in [2.24, 2.45) is 11.3 Å². The van der Waals surface area contributed by atoms with Crippen LogP contribution >= 0.6 is 0 Å². The molecule has 2 unspecified atom stereocenters. The number of carbonyl (C=O) groups excluding carboxylic acids is 1. The van der Waals surface area contributed by atoms with E-state index in [9.17, 15) is 4.79 Å². The van der Waals surface area contributed by atoms with Gasteiger partial charge >= 0.3 is 5.97 Å². The van der Waals surface area contributed by atoms with Gasteiger partial charge in [-0.25, -0.2) is 0 Å². The summed E-state index contributed by atoms with van der Waals surface area (Å²) in [6.45, 7) is 17.5. The van der Waals surface area contributed by atoms with Crippen LogP contribution in [0.1, 0.15) is 51.8 Å². The molecule has 0 N–H and O–H groups in total. The van der Waals surface area contributed by atoms with E-state index in [1.165, 1.54) is 0 Å². The molecule has 0 amide bonds. The lowest BCUT2D eigenvalue weighted by atomic mass is 9.82. The predicted octanol–water partition coefficient (Wildman–Crippen LogP) is 5.73. The molecule has 23 heavy (non-hydrogen) atoms. The minimum atomic E-state index is -0.267. The molecular formula is C21H28O2. The number of hydrogen-bond acceptors (Lipinski definition) is 2. The molecule has 0 spiro atoms. The maximum absolute atomic E-state index is 12.2. The van der Waals surface area contributed by atoms with Crippen molar-refractivity contribution in [1.29, 1.82) is 0 Å². The highest BCUT2D eigenvalue weighted by atomic mass is 16.5. The molecule has 0 aromatic heterocycles. The highest BCUT2D eigenvalue weighted by Crippen LogP contribution is 2.29. The van der Waals surface area contributed by atoms with Gasteiger partial charge in [0.15, 0.2) is 0 Å². The fourth-order valence-corrected chi connectivity index (χ4v) is 2.05. The average Bonchev–Trinajstić information content (AvgIpc) is 2.51. The number of carbonyl (C=O) groups is 1. The van der Waals surface area contributed by atoms with E-state index in [2.05, 4.69) is 13.2 Å². The highest BCUT2D eigenvalue weighted by Gasteiger charge is 2.29. The van der Waals surface area contributed by atoms with Crippen LogP contribution in [0.3, 0.4) is 0 Å². The Hall–Kier alpha value is -2.09. The van der Waals surface area contributed by atoms with Gasteiger partial charge in [-0.15, -0.1) is 0 Å². The van der Waals surface area contributed by atoms with Gasteiger partial charge in [-0.05, 0) is 29.0 Å². The van der Waals surface area contributed by atoms with Crippen molar-refractivity contribution in [2.75, 3.05) is 0 Å². The summed E-state index contributed by atoms with van der Waals surface area (Å²) in [5, 5.41) is 0. The van der Waals surface area contributed by atoms with Crippen molar-refractivity contribution in [1.82, 2.24) is 0 Å². The van der Waals surface area contributed by atoms with Crippen LogP contribution in [-0.4, -0.2) is 5.97 Å². The van der Waals surface area contributed by atoms with Gasteiger partial charge in [0.05, 0.1) is 5.92 Å². The molecule has 2 nitrogen and oxygen atoms in total. The van der Waals surface area contributed by atoms with E-state index in [1.807, 2.05) is 65.0 Å². The summed E-state index contributed by atoms with van der Waals surface area (Å²) in [6, 6.07) is 7.97. The highest BCUT2D eigenvalue weighted by molar-refractivity contribution is 5.75. The molecular weight excluding hydrogens is 284 g/mol. The molecule has 0 saturated heterocycles.